The van der Waals surface area contributed by atoms with Crippen LogP contribution in [0.15, 0.2) is 30.3 Å². The van der Waals surface area contributed by atoms with Gasteiger partial charge in [-0.05, 0) is 19.4 Å². The molecule has 0 aliphatic carbocycles. The van der Waals surface area contributed by atoms with E-state index in [0.29, 0.717) is 5.56 Å². The molecule has 8 heteroatoms. The molecule has 0 aromatic heterocycles. The Labute approximate surface area is 134 Å². The van der Waals surface area contributed by atoms with E-state index in [-0.39, 0.29) is 0 Å². The highest BCUT2D eigenvalue weighted by Gasteiger charge is 2.57. The largest absolute Gasteiger partial charge is 0.395 e. The molecule has 0 radical (unpaired) electrons. The summed E-state index contributed by atoms with van der Waals surface area (Å²) < 4.78 is 23.9. The first-order chi connectivity index (χ1) is 10.6. The number of carbonyl (C=O) groups excluding carboxylic acids is 2. The number of nitrogens with two attached hydrogens (primary N) is 1. The predicted molar refractivity (Wildman–Crippen MR) is 83.9 cm³/mol. The van der Waals surface area contributed by atoms with E-state index in [9.17, 15) is 23.1 Å². The van der Waals surface area contributed by atoms with Crippen molar-refractivity contribution in [2.24, 2.45) is 11.7 Å². The van der Waals surface area contributed by atoms with E-state index in [2.05, 4.69) is 5.32 Å². The number of benzene rings is 1. The van der Waals surface area contributed by atoms with E-state index in [1.165, 1.54) is 13.8 Å². The molecule has 1 aliphatic rings. The van der Waals surface area contributed by atoms with Gasteiger partial charge in [0.25, 0.3) is 0 Å². The Morgan fingerprint density at radius 1 is 1.35 bits per heavy atom. The van der Waals surface area contributed by atoms with Crippen LogP contribution in [0.3, 0.4) is 0 Å². The number of carbonyl (C=O) groups is 2. The molecule has 1 fully saturated rings. The Balaban J connectivity index is 2.44. The molecule has 1 aromatic rings. The van der Waals surface area contributed by atoms with Crippen LogP contribution in [0.1, 0.15) is 25.3 Å². The Kier molecular flexibility index (Phi) is 4.50. The molecular weight excluding hydrogens is 320 g/mol. The summed E-state index contributed by atoms with van der Waals surface area (Å²) in [6, 6.07) is 8.36. The van der Waals surface area contributed by atoms with Crippen LogP contribution >= 0.6 is 0 Å². The zero-order chi connectivity index (χ0) is 17.4. The van der Waals surface area contributed by atoms with Gasteiger partial charge in [-0.3, -0.25) is 9.59 Å². The lowest BCUT2D eigenvalue weighted by Crippen LogP contribution is -2.67. The van der Waals surface area contributed by atoms with Gasteiger partial charge in [0.2, 0.25) is 11.8 Å². The van der Waals surface area contributed by atoms with E-state index in [4.69, 9.17) is 5.73 Å². The summed E-state index contributed by atoms with van der Waals surface area (Å²) in [5.74, 6) is -3.46. The van der Waals surface area contributed by atoms with Gasteiger partial charge in [-0.1, -0.05) is 30.3 Å². The van der Waals surface area contributed by atoms with E-state index >= 15 is 0 Å². The van der Waals surface area contributed by atoms with Crippen LogP contribution in [-0.4, -0.2) is 42.1 Å². The first-order valence-electron chi connectivity index (χ1n) is 7.12. The van der Waals surface area contributed by atoms with Crippen molar-refractivity contribution in [3.05, 3.63) is 35.9 Å². The minimum Gasteiger partial charge on any atom is -0.395 e. The fourth-order valence-corrected chi connectivity index (χ4v) is 4.41. The highest BCUT2D eigenvalue weighted by Crippen LogP contribution is 2.38. The van der Waals surface area contributed by atoms with E-state index in [1.807, 2.05) is 0 Å². The van der Waals surface area contributed by atoms with Gasteiger partial charge < -0.3 is 16.2 Å². The average molecular weight is 340 g/mol. The molecule has 2 rings (SSSR count). The lowest BCUT2D eigenvalue weighted by molar-refractivity contribution is -0.137. The van der Waals surface area contributed by atoms with Gasteiger partial charge in [-0.2, -0.15) is 0 Å². The maximum atomic E-state index is 12.7. The molecule has 0 saturated carbocycles. The molecule has 23 heavy (non-hydrogen) atoms. The first kappa shape index (κ1) is 17.4. The topological polar surface area (TPSA) is 127 Å². The van der Waals surface area contributed by atoms with Crippen LogP contribution in [0.25, 0.3) is 0 Å². The summed E-state index contributed by atoms with van der Waals surface area (Å²) >= 11 is 0. The Bertz CT molecular complexity index is 715. The lowest BCUT2D eigenvalue weighted by atomic mass is 9.81. The summed E-state index contributed by atoms with van der Waals surface area (Å²) in [4.78, 5) is 23.8. The number of aliphatic hydroxyl groups is 1. The number of aliphatic hydroxyl groups excluding tert-OH is 1. The molecule has 7 nitrogen and oxygen atoms in total. The Hall–Kier alpha value is -1.93. The van der Waals surface area contributed by atoms with Crippen molar-refractivity contribution in [1.82, 2.24) is 5.32 Å². The summed E-state index contributed by atoms with van der Waals surface area (Å²) in [5.41, 5.74) is 5.91. The normalized spacial score (nSPS) is 22.8. The van der Waals surface area contributed by atoms with Crippen molar-refractivity contribution in [3.8, 4) is 0 Å². The van der Waals surface area contributed by atoms with Crippen LogP contribution in [0, 0.1) is 5.92 Å². The minimum atomic E-state index is -3.91. The van der Waals surface area contributed by atoms with Crippen molar-refractivity contribution in [2.75, 3.05) is 6.61 Å². The molecule has 2 amide bonds. The van der Waals surface area contributed by atoms with Crippen molar-refractivity contribution in [1.29, 1.82) is 0 Å². The zero-order valence-electron chi connectivity index (χ0n) is 12.9. The average Bonchev–Trinajstić information content (AvgIpc) is 2.50. The molecule has 1 saturated heterocycles. The maximum Gasteiger partial charge on any atom is 0.228 e. The number of β-lactam (4-membered cyclic amide) rings is 1. The van der Waals surface area contributed by atoms with Gasteiger partial charge in [0.1, 0.15) is 5.37 Å². The summed E-state index contributed by atoms with van der Waals surface area (Å²) in [7, 11) is -3.91. The molecule has 0 bridgehead atoms. The lowest BCUT2D eigenvalue weighted by Gasteiger charge is -2.42. The molecule has 4 N–H and O–H groups in total. The van der Waals surface area contributed by atoms with Crippen LogP contribution in [0.4, 0.5) is 0 Å². The van der Waals surface area contributed by atoms with Crippen LogP contribution in [-0.2, 0) is 19.4 Å². The SMILES string of the molecule is CC(C)(CO)S(=O)(=O)C1NC(=O)C1C(C(N)=O)c1ccccc1. The molecule has 3 atom stereocenters. The number of sulfone groups is 1. The number of rotatable bonds is 6. The van der Waals surface area contributed by atoms with Crippen LogP contribution < -0.4 is 11.1 Å². The maximum absolute atomic E-state index is 12.7. The minimum absolute atomic E-state index is 0.488. The number of primary amides is 1. The monoisotopic (exact) mass is 340 g/mol. The fourth-order valence-electron chi connectivity index (χ4n) is 2.61. The van der Waals surface area contributed by atoms with Crippen molar-refractivity contribution >= 4 is 21.7 Å². The molecular formula is C15H20N2O5S. The van der Waals surface area contributed by atoms with Crippen LogP contribution in [0.2, 0.25) is 0 Å². The Morgan fingerprint density at radius 2 is 1.91 bits per heavy atom. The number of amides is 2. The standard InChI is InChI=1S/C15H20N2O5S/c1-15(2,8-18)23(21,22)14-11(13(20)17-14)10(12(16)19)9-6-4-3-5-7-9/h3-7,10-11,14,18H,8H2,1-2H3,(H2,16,19)(H,17,20). The molecule has 1 aromatic carbocycles. The molecule has 0 spiro atoms. The second-order valence-electron chi connectivity index (χ2n) is 6.21. The zero-order valence-corrected chi connectivity index (χ0v) is 13.7. The van der Waals surface area contributed by atoms with Crippen molar-refractivity contribution in [3.63, 3.8) is 0 Å². The van der Waals surface area contributed by atoms with Crippen LogP contribution in [0.5, 0.6) is 0 Å². The second kappa shape index (κ2) is 5.93. The van der Waals surface area contributed by atoms with E-state index in [1.54, 1.807) is 30.3 Å². The highest BCUT2D eigenvalue weighted by molar-refractivity contribution is 7.93. The number of hydrogen-bond donors (Lipinski definition) is 3. The molecule has 126 valence electrons. The smallest absolute Gasteiger partial charge is 0.228 e. The van der Waals surface area contributed by atoms with E-state index < -0.39 is 50.2 Å². The van der Waals surface area contributed by atoms with Gasteiger partial charge in [0.05, 0.1) is 23.2 Å². The van der Waals surface area contributed by atoms with Crippen molar-refractivity contribution in [2.45, 2.75) is 29.9 Å². The fraction of sp³-hybridized carbons (Fsp3) is 0.467. The molecule has 3 unspecified atom stereocenters. The second-order valence-corrected chi connectivity index (χ2v) is 8.91. The van der Waals surface area contributed by atoms with Gasteiger partial charge >= 0.3 is 0 Å². The third-order valence-corrected chi connectivity index (χ3v) is 6.97. The van der Waals surface area contributed by atoms with E-state index in [0.717, 1.165) is 0 Å². The molecule has 1 aliphatic heterocycles. The quantitative estimate of drug-likeness (QED) is 0.603. The highest BCUT2D eigenvalue weighted by atomic mass is 32.2. The third-order valence-electron chi connectivity index (χ3n) is 4.22. The number of nitrogens with one attached hydrogen (secondary N) is 1. The summed E-state index contributed by atoms with van der Waals surface area (Å²) in [6.45, 7) is 2.14. The van der Waals surface area contributed by atoms with Gasteiger partial charge in [0.15, 0.2) is 9.84 Å². The predicted octanol–water partition coefficient (Wildman–Crippen LogP) is -0.487. The first-order valence-corrected chi connectivity index (χ1v) is 8.67. The summed E-state index contributed by atoms with van der Waals surface area (Å²) in [5, 5.41) is 10.4. The number of hydrogen-bond acceptors (Lipinski definition) is 5. The van der Waals surface area contributed by atoms with Gasteiger partial charge in [0, 0.05) is 0 Å². The van der Waals surface area contributed by atoms with Gasteiger partial charge in [-0.25, -0.2) is 8.42 Å². The third kappa shape index (κ3) is 2.84. The van der Waals surface area contributed by atoms with Gasteiger partial charge in [-0.15, -0.1) is 0 Å². The molecule has 1 heterocycles. The Morgan fingerprint density at radius 3 is 2.35 bits per heavy atom. The van der Waals surface area contributed by atoms with Crippen molar-refractivity contribution < 1.29 is 23.1 Å². The summed E-state index contributed by atoms with van der Waals surface area (Å²) in [6.07, 6.45) is 0.